The number of halogens is 1. The zero-order chi connectivity index (χ0) is 18.6. The van der Waals surface area contributed by atoms with Crippen molar-refractivity contribution < 1.29 is 14.3 Å². The third kappa shape index (κ3) is 6.34. The predicted molar refractivity (Wildman–Crippen MR) is 103 cm³/mol. The van der Waals surface area contributed by atoms with E-state index in [4.69, 9.17) is 4.74 Å². The first kappa shape index (κ1) is 19.8. The van der Waals surface area contributed by atoms with E-state index < -0.39 is 5.60 Å². The Morgan fingerprint density at radius 3 is 2.48 bits per heavy atom. The summed E-state index contributed by atoms with van der Waals surface area (Å²) in [5, 5.41) is 2.98. The van der Waals surface area contributed by atoms with Crippen LogP contribution in [0.1, 0.15) is 45.6 Å². The van der Waals surface area contributed by atoms with Crippen LogP contribution in [0.2, 0.25) is 0 Å². The molecule has 0 aliphatic carbocycles. The number of piperidine rings is 1. The summed E-state index contributed by atoms with van der Waals surface area (Å²) in [5.41, 5.74) is 1.40. The first-order chi connectivity index (χ1) is 11.6. The second-order valence-corrected chi connectivity index (χ2v) is 8.54. The fourth-order valence-electron chi connectivity index (χ4n) is 2.88. The number of hydrogen-bond acceptors (Lipinski definition) is 3. The minimum Gasteiger partial charge on any atom is -0.444 e. The average molecular weight is 411 g/mol. The van der Waals surface area contributed by atoms with Crippen LogP contribution < -0.4 is 5.32 Å². The van der Waals surface area contributed by atoms with Gasteiger partial charge in [-0.05, 0) is 70.2 Å². The molecule has 138 valence electrons. The lowest BCUT2D eigenvalue weighted by Gasteiger charge is -2.33. The van der Waals surface area contributed by atoms with Gasteiger partial charge in [0.25, 0.3) is 0 Å². The third-order valence-electron chi connectivity index (χ3n) is 4.20. The van der Waals surface area contributed by atoms with E-state index in [9.17, 15) is 9.59 Å². The summed E-state index contributed by atoms with van der Waals surface area (Å²) in [5.74, 6) is 0.329. The lowest BCUT2D eigenvalue weighted by molar-refractivity contribution is -0.117. The van der Waals surface area contributed by atoms with E-state index in [1.165, 1.54) is 0 Å². The van der Waals surface area contributed by atoms with E-state index >= 15 is 0 Å². The summed E-state index contributed by atoms with van der Waals surface area (Å²) >= 11 is 3.42. The largest absolute Gasteiger partial charge is 0.444 e. The van der Waals surface area contributed by atoms with Crippen LogP contribution in [0.4, 0.5) is 10.5 Å². The van der Waals surface area contributed by atoms with E-state index in [0.29, 0.717) is 25.4 Å². The molecule has 0 saturated carbocycles. The fourth-order valence-corrected chi connectivity index (χ4v) is 3.35. The molecule has 1 aliphatic heterocycles. The molecule has 5 nitrogen and oxygen atoms in total. The quantitative estimate of drug-likeness (QED) is 0.782. The van der Waals surface area contributed by atoms with Crippen LogP contribution in [0.3, 0.4) is 0 Å². The SMILES string of the molecule is Cc1cc(Br)ccc1NC(=O)CC1CCN(C(=O)OC(C)(C)C)CC1. The number of carbonyl (C=O) groups is 2. The molecule has 0 bridgehead atoms. The van der Waals surface area contributed by atoms with Crippen LogP contribution in [-0.2, 0) is 9.53 Å². The van der Waals surface area contributed by atoms with Gasteiger partial charge in [-0.25, -0.2) is 4.79 Å². The Balaban J connectivity index is 1.79. The Hall–Kier alpha value is -1.56. The molecular formula is C19H27BrN2O3. The third-order valence-corrected chi connectivity index (χ3v) is 4.70. The maximum atomic E-state index is 12.3. The van der Waals surface area contributed by atoms with Crippen molar-refractivity contribution in [1.29, 1.82) is 0 Å². The van der Waals surface area contributed by atoms with Gasteiger partial charge in [-0.1, -0.05) is 15.9 Å². The number of aryl methyl sites for hydroxylation is 1. The number of carbonyl (C=O) groups excluding carboxylic acids is 2. The zero-order valence-corrected chi connectivity index (χ0v) is 17.0. The molecule has 2 rings (SSSR count). The molecule has 2 amide bonds. The van der Waals surface area contributed by atoms with Gasteiger partial charge in [0.1, 0.15) is 5.60 Å². The minimum atomic E-state index is -0.476. The van der Waals surface area contributed by atoms with Crippen LogP contribution in [0.15, 0.2) is 22.7 Å². The van der Waals surface area contributed by atoms with Crippen LogP contribution in [0.5, 0.6) is 0 Å². The highest BCUT2D eigenvalue weighted by Crippen LogP contribution is 2.24. The number of amides is 2. The van der Waals surface area contributed by atoms with E-state index in [0.717, 1.165) is 28.6 Å². The van der Waals surface area contributed by atoms with Crippen molar-refractivity contribution in [3.8, 4) is 0 Å². The summed E-state index contributed by atoms with van der Waals surface area (Å²) < 4.78 is 6.40. The van der Waals surface area contributed by atoms with Crippen molar-refractivity contribution in [2.45, 2.75) is 52.6 Å². The molecule has 0 atom stereocenters. The van der Waals surface area contributed by atoms with E-state index in [-0.39, 0.29) is 12.0 Å². The molecule has 0 unspecified atom stereocenters. The highest BCUT2D eigenvalue weighted by molar-refractivity contribution is 9.10. The van der Waals surface area contributed by atoms with Gasteiger partial charge in [0.2, 0.25) is 5.91 Å². The standard InChI is InChI=1S/C19H27BrN2O3/c1-13-11-15(20)5-6-16(13)21-17(23)12-14-7-9-22(10-8-14)18(24)25-19(2,3)4/h5-6,11,14H,7-10,12H2,1-4H3,(H,21,23). The summed E-state index contributed by atoms with van der Waals surface area (Å²) in [6, 6.07) is 5.80. The Labute approximate surface area is 158 Å². The van der Waals surface area contributed by atoms with Gasteiger partial charge in [-0.2, -0.15) is 0 Å². The van der Waals surface area contributed by atoms with Gasteiger partial charge in [-0.3, -0.25) is 4.79 Å². The molecule has 0 radical (unpaired) electrons. The molecule has 1 heterocycles. The molecule has 0 spiro atoms. The monoisotopic (exact) mass is 410 g/mol. The Kier molecular flexibility index (Phi) is 6.49. The summed E-state index contributed by atoms with van der Waals surface area (Å²) in [6.07, 6.45) is 1.87. The van der Waals surface area contributed by atoms with Crippen LogP contribution in [0.25, 0.3) is 0 Å². The van der Waals surface area contributed by atoms with Crippen molar-refractivity contribution >= 4 is 33.6 Å². The summed E-state index contributed by atoms with van der Waals surface area (Å²) in [4.78, 5) is 26.1. The normalized spacial score (nSPS) is 15.8. The maximum absolute atomic E-state index is 12.3. The number of anilines is 1. The van der Waals surface area contributed by atoms with Crippen LogP contribution in [-0.4, -0.2) is 35.6 Å². The van der Waals surface area contributed by atoms with E-state index in [1.54, 1.807) is 4.90 Å². The topological polar surface area (TPSA) is 58.6 Å². The van der Waals surface area contributed by atoms with Crippen molar-refractivity contribution in [1.82, 2.24) is 4.90 Å². The van der Waals surface area contributed by atoms with Crippen LogP contribution in [0, 0.1) is 12.8 Å². The average Bonchev–Trinajstić information content (AvgIpc) is 2.49. The fraction of sp³-hybridized carbons (Fsp3) is 0.579. The van der Waals surface area contributed by atoms with Gasteiger partial charge >= 0.3 is 6.09 Å². The molecular weight excluding hydrogens is 384 g/mol. The second kappa shape index (κ2) is 8.21. The number of rotatable bonds is 3. The lowest BCUT2D eigenvalue weighted by Crippen LogP contribution is -2.42. The van der Waals surface area contributed by atoms with Gasteiger partial charge in [-0.15, -0.1) is 0 Å². The van der Waals surface area contributed by atoms with E-state index in [2.05, 4.69) is 21.2 Å². The Morgan fingerprint density at radius 2 is 1.92 bits per heavy atom. The minimum absolute atomic E-state index is 0.0288. The number of benzene rings is 1. The lowest BCUT2D eigenvalue weighted by atomic mass is 9.93. The molecule has 1 aromatic rings. The predicted octanol–water partition coefficient (Wildman–Crippen LogP) is 4.73. The number of nitrogens with zero attached hydrogens (tertiary/aromatic N) is 1. The summed E-state index contributed by atoms with van der Waals surface area (Å²) in [7, 11) is 0. The first-order valence-electron chi connectivity index (χ1n) is 8.68. The smallest absolute Gasteiger partial charge is 0.410 e. The molecule has 1 saturated heterocycles. The molecule has 1 aliphatic rings. The Bertz CT molecular complexity index is 632. The van der Waals surface area contributed by atoms with Gasteiger partial charge in [0, 0.05) is 29.7 Å². The van der Waals surface area contributed by atoms with Gasteiger partial charge < -0.3 is 15.0 Å². The van der Waals surface area contributed by atoms with Gasteiger partial charge in [0.15, 0.2) is 0 Å². The molecule has 1 N–H and O–H groups in total. The second-order valence-electron chi connectivity index (χ2n) is 7.62. The first-order valence-corrected chi connectivity index (χ1v) is 9.47. The number of nitrogens with one attached hydrogen (secondary N) is 1. The van der Waals surface area contributed by atoms with Crippen molar-refractivity contribution in [2.75, 3.05) is 18.4 Å². The number of likely N-dealkylation sites (tertiary alicyclic amines) is 1. The molecule has 1 fully saturated rings. The molecule has 1 aromatic carbocycles. The zero-order valence-electron chi connectivity index (χ0n) is 15.4. The van der Waals surface area contributed by atoms with Crippen molar-refractivity contribution in [3.05, 3.63) is 28.2 Å². The molecule has 25 heavy (non-hydrogen) atoms. The number of ether oxygens (including phenoxy) is 1. The van der Waals surface area contributed by atoms with Crippen LogP contribution >= 0.6 is 15.9 Å². The van der Waals surface area contributed by atoms with Crippen molar-refractivity contribution in [3.63, 3.8) is 0 Å². The Morgan fingerprint density at radius 1 is 1.28 bits per heavy atom. The molecule has 6 heteroatoms. The number of hydrogen-bond donors (Lipinski definition) is 1. The summed E-state index contributed by atoms with van der Waals surface area (Å²) in [6.45, 7) is 8.86. The maximum Gasteiger partial charge on any atom is 0.410 e. The highest BCUT2D eigenvalue weighted by atomic mass is 79.9. The highest BCUT2D eigenvalue weighted by Gasteiger charge is 2.27. The van der Waals surface area contributed by atoms with Crippen molar-refractivity contribution in [2.24, 2.45) is 5.92 Å². The molecule has 0 aromatic heterocycles. The van der Waals surface area contributed by atoms with Gasteiger partial charge in [0.05, 0.1) is 0 Å². The van der Waals surface area contributed by atoms with E-state index in [1.807, 2.05) is 45.9 Å².